The van der Waals surface area contributed by atoms with E-state index in [1.807, 2.05) is 30.3 Å². The molecule has 0 radical (unpaired) electrons. The Labute approximate surface area is 120 Å². The van der Waals surface area contributed by atoms with Crippen molar-refractivity contribution in [2.24, 2.45) is 0 Å². The van der Waals surface area contributed by atoms with Crippen LogP contribution in [0.25, 0.3) is 0 Å². The molecule has 0 spiro atoms. The minimum atomic E-state index is 0. The molecule has 0 saturated carbocycles. The van der Waals surface area contributed by atoms with E-state index in [2.05, 4.69) is 6.92 Å². The summed E-state index contributed by atoms with van der Waals surface area (Å²) in [7, 11) is 0. The van der Waals surface area contributed by atoms with Crippen LogP contribution in [0.15, 0.2) is 30.3 Å². The Morgan fingerprint density at radius 1 is 1.00 bits per heavy atom. The topological polar surface area (TPSA) is 9.23 Å². The van der Waals surface area contributed by atoms with Gasteiger partial charge in [-0.05, 0) is 18.6 Å². The Hall–Kier alpha value is 0.266. The number of rotatable bonds is 6. The van der Waals surface area contributed by atoms with Crippen molar-refractivity contribution in [3.8, 4) is 5.75 Å². The smallest absolute Gasteiger partial charge is 1.00 e. The van der Waals surface area contributed by atoms with Gasteiger partial charge in [-0.1, -0.05) is 31.0 Å². The van der Waals surface area contributed by atoms with Crippen molar-refractivity contribution in [2.75, 3.05) is 6.61 Å². The van der Waals surface area contributed by atoms with Crippen molar-refractivity contribution in [2.45, 2.75) is 25.7 Å². The van der Waals surface area contributed by atoms with Gasteiger partial charge in [-0.2, -0.15) is 6.42 Å². The van der Waals surface area contributed by atoms with Gasteiger partial charge in [0.05, 0.1) is 6.61 Å². The molecule has 0 fully saturated rings. The summed E-state index contributed by atoms with van der Waals surface area (Å²) in [5.41, 5.74) is 0. The van der Waals surface area contributed by atoms with E-state index in [-0.39, 0.29) is 40.0 Å². The number of halogens is 1. The Balaban J connectivity index is 0. The third kappa shape index (κ3) is 9.21. The maximum absolute atomic E-state index is 5.53. The molecule has 80 valence electrons. The molecule has 0 N–H and O–H groups in total. The molecular formula is C12H17BrMgO. The Morgan fingerprint density at radius 2 is 1.67 bits per heavy atom. The van der Waals surface area contributed by atoms with Crippen molar-refractivity contribution in [3.63, 3.8) is 0 Å². The van der Waals surface area contributed by atoms with Crippen LogP contribution in [0.4, 0.5) is 0 Å². The second kappa shape index (κ2) is 12.3. The molecule has 1 aromatic rings. The van der Waals surface area contributed by atoms with Crippen LogP contribution >= 0.6 is 0 Å². The van der Waals surface area contributed by atoms with Gasteiger partial charge in [0, 0.05) is 0 Å². The van der Waals surface area contributed by atoms with Gasteiger partial charge in [0.25, 0.3) is 0 Å². The number of hydrogen-bond acceptors (Lipinski definition) is 1. The fourth-order valence-electron chi connectivity index (χ4n) is 1.16. The van der Waals surface area contributed by atoms with Crippen molar-refractivity contribution in [3.05, 3.63) is 37.3 Å². The van der Waals surface area contributed by atoms with Gasteiger partial charge in [0.2, 0.25) is 0 Å². The van der Waals surface area contributed by atoms with Gasteiger partial charge >= 0.3 is 23.1 Å². The maximum Gasteiger partial charge on any atom is 2.00 e. The largest absolute Gasteiger partial charge is 2.00 e. The van der Waals surface area contributed by atoms with E-state index in [9.17, 15) is 0 Å². The van der Waals surface area contributed by atoms with Crippen molar-refractivity contribution >= 4 is 23.1 Å². The zero-order valence-corrected chi connectivity index (χ0v) is 12.1. The Kier molecular flexibility index (Phi) is 14.5. The Bertz CT molecular complexity index is 216. The summed E-state index contributed by atoms with van der Waals surface area (Å²) in [6.07, 6.45) is 4.59. The first-order valence-corrected chi connectivity index (χ1v) is 4.90. The molecule has 3 heteroatoms. The van der Waals surface area contributed by atoms with Crippen LogP contribution < -0.4 is 21.7 Å². The van der Waals surface area contributed by atoms with Gasteiger partial charge in [0.15, 0.2) is 0 Å². The predicted octanol–water partition coefficient (Wildman–Crippen LogP) is 0.0831. The number of para-hydroxylation sites is 1. The molecule has 1 nitrogen and oxygen atoms in total. The summed E-state index contributed by atoms with van der Waals surface area (Å²) >= 11 is 0. The third-order valence-corrected chi connectivity index (χ3v) is 1.91. The zero-order valence-electron chi connectivity index (χ0n) is 9.12. The predicted molar refractivity (Wildman–Crippen MR) is 61.5 cm³/mol. The molecule has 0 aliphatic carbocycles. The van der Waals surface area contributed by atoms with Crippen LogP contribution in [0.2, 0.25) is 0 Å². The van der Waals surface area contributed by atoms with E-state index in [4.69, 9.17) is 4.74 Å². The molecule has 0 saturated heterocycles. The van der Waals surface area contributed by atoms with E-state index in [1.54, 1.807) is 0 Å². The fraction of sp³-hybridized carbons (Fsp3) is 0.417. The molecular weight excluding hydrogens is 264 g/mol. The van der Waals surface area contributed by atoms with E-state index in [0.29, 0.717) is 0 Å². The number of hydrogen-bond donors (Lipinski definition) is 0. The van der Waals surface area contributed by atoms with Crippen LogP contribution in [0.5, 0.6) is 5.75 Å². The fourth-order valence-corrected chi connectivity index (χ4v) is 1.16. The molecule has 1 rings (SSSR count). The van der Waals surface area contributed by atoms with Crippen LogP contribution in [-0.4, -0.2) is 29.7 Å². The summed E-state index contributed by atoms with van der Waals surface area (Å²) in [5, 5.41) is 0. The SMILES string of the molecule is [Br-].[CH2-]CCCCCOc1ccccc1.[Mg+2]. The zero-order chi connectivity index (χ0) is 9.36. The molecule has 0 aromatic heterocycles. The van der Waals surface area contributed by atoms with Crippen molar-refractivity contribution in [1.29, 1.82) is 0 Å². The molecule has 0 heterocycles. The Morgan fingerprint density at radius 3 is 2.27 bits per heavy atom. The number of ether oxygens (including phenoxy) is 1. The first-order chi connectivity index (χ1) is 6.43. The molecule has 0 aliphatic rings. The van der Waals surface area contributed by atoms with Gasteiger partial charge < -0.3 is 28.6 Å². The number of benzene rings is 1. The van der Waals surface area contributed by atoms with Gasteiger partial charge in [-0.3, -0.25) is 0 Å². The third-order valence-electron chi connectivity index (χ3n) is 1.91. The molecule has 0 unspecified atom stereocenters. The maximum atomic E-state index is 5.53. The van der Waals surface area contributed by atoms with Crippen LogP contribution in [0.3, 0.4) is 0 Å². The standard InChI is InChI=1S/C12H17O.BrH.Mg/c1-2-3-4-8-11-13-12-9-6-5-7-10-12;;/h5-7,9-10H,1-4,8,11H2;1H;/q-1;;+2/p-1. The van der Waals surface area contributed by atoms with E-state index >= 15 is 0 Å². The normalized spacial score (nSPS) is 8.60. The van der Waals surface area contributed by atoms with Crippen LogP contribution in [-0.2, 0) is 0 Å². The summed E-state index contributed by atoms with van der Waals surface area (Å²) in [4.78, 5) is 0. The van der Waals surface area contributed by atoms with Crippen LogP contribution in [0, 0.1) is 6.92 Å². The van der Waals surface area contributed by atoms with Gasteiger partial charge in [0.1, 0.15) is 5.75 Å². The quantitative estimate of drug-likeness (QED) is 0.408. The van der Waals surface area contributed by atoms with E-state index in [1.165, 1.54) is 12.8 Å². The van der Waals surface area contributed by atoms with Gasteiger partial charge in [-0.15, -0.1) is 0 Å². The summed E-state index contributed by atoms with van der Waals surface area (Å²) in [6, 6.07) is 9.95. The first kappa shape index (κ1) is 17.7. The number of unbranched alkanes of at least 4 members (excludes halogenated alkanes) is 3. The van der Waals surface area contributed by atoms with Gasteiger partial charge in [-0.25, -0.2) is 0 Å². The molecule has 0 amide bonds. The van der Waals surface area contributed by atoms with Crippen molar-refractivity contribution in [1.82, 2.24) is 0 Å². The molecule has 0 aliphatic heterocycles. The van der Waals surface area contributed by atoms with E-state index in [0.717, 1.165) is 25.2 Å². The molecule has 1 aromatic carbocycles. The first-order valence-electron chi connectivity index (χ1n) is 4.90. The summed E-state index contributed by atoms with van der Waals surface area (Å²) in [5.74, 6) is 0.970. The molecule has 0 atom stereocenters. The molecule has 0 bridgehead atoms. The monoisotopic (exact) mass is 280 g/mol. The van der Waals surface area contributed by atoms with Crippen molar-refractivity contribution < 1.29 is 21.7 Å². The average molecular weight is 281 g/mol. The minimum Gasteiger partial charge on any atom is -1.00 e. The second-order valence-corrected chi connectivity index (χ2v) is 3.08. The second-order valence-electron chi connectivity index (χ2n) is 3.08. The average Bonchev–Trinajstić information content (AvgIpc) is 2.19. The minimum absolute atomic E-state index is 0. The summed E-state index contributed by atoms with van der Waals surface area (Å²) in [6.45, 7) is 4.62. The molecule has 15 heavy (non-hydrogen) atoms. The van der Waals surface area contributed by atoms with Crippen LogP contribution in [0.1, 0.15) is 25.7 Å². The summed E-state index contributed by atoms with van der Waals surface area (Å²) < 4.78 is 5.53. The van der Waals surface area contributed by atoms with E-state index < -0.39 is 0 Å².